The highest BCUT2D eigenvalue weighted by molar-refractivity contribution is 6.30. The van der Waals surface area contributed by atoms with Crippen molar-refractivity contribution in [1.29, 1.82) is 0 Å². The maximum absolute atomic E-state index is 14.0. The van der Waals surface area contributed by atoms with Crippen LogP contribution in [-0.4, -0.2) is 73.4 Å². The van der Waals surface area contributed by atoms with Gasteiger partial charge in [-0.25, -0.2) is 4.39 Å². The Kier molecular flexibility index (Phi) is 7.30. The number of hydrogen-bond acceptors (Lipinski definition) is 5. The number of nitrogens with zero attached hydrogens (tertiary/aromatic N) is 2. The van der Waals surface area contributed by atoms with Gasteiger partial charge in [-0.2, -0.15) is 0 Å². The van der Waals surface area contributed by atoms with Crippen molar-refractivity contribution in [2.24, 2.45) is 0 Å². The molecule has 0 aliphatic carbocycles. The number of methoxy groups -OCH3 is 1. The van der Waals surface area contributed by atoms with Crippen LogP contribution in [0.2, 0.25) is 5.02 Å². The van der Waals surface area contributed by atoms with Gasteiger partial charge in [0.05, 0.1) is 12.7 Å². The fourth-order valence-corrected chi connectivity index (χ4v) is 3.34. The smallest absolute Gasteiger partial charge is 0.256 e. The summed E-state index contributed by atoms with van der Waals surface area (Å²) in [6.45, 7) is 2.73. The molecule has 0 saturated carbocycles. The van der Waals surface area contributed by atoms with Gasteiger partial charge in [-0.05, 0) is 42.5 Å². The Morgan fingerprint density at radius 2 is 1.79 bits per heavy atom. The molecule has 2 aromatic carbocycles. The molecule has 0 spiro atoms. The summed E-state index contributed by atoms with van der Waals surface area (Å²) in [5, 5.41) is 10.5. The van der Waals surface area contributed by atoms with Crippen molar-refractivity contribution in [2.45, 2.75) is 6.10 Å². The molecule has 2 aromatic rings. The van der Waals surface area contributed by atoms with Crippen LogP contribution in [0.3, 0.4) is 0 Å². The molecule has 0 aromatic heterocycles. The van der Waals surface area contributed by atoms with Crippen molar-refractivity contribution in [1.82, 2.24) is 9.80 Å². The quantitative estimate of drug-likeness (QED) is 0.743. The molecule has 1 heterocycles. The number of halogens is 2. The highest BCUT2D eigenvalue weighted by atomic mass is 35.5. The van der Waals surface area contributed by atoms with Crippen LogP contribution in [0.15, 0.2) is 42.5 Å². The minimum Gasteiger partial charge on any atom is -0.497 e. The lowest BCUT2D eigenvalue weighted by molar-refractivity contribution is 0.0401. The van der Waals surface area contributed by atoms with E-state index >= 15 is 0 Å². The van der Waals surface area contributed by atoms with E-state index in [2.05, 4.69) is 4.90 Å². The van der Waals surface area contributed by atoms with Crippen LogP contribution in [0.25, 0.3) is 0 Å². The monoisotopic (exact) mass is 422 g/mol. The number of piperazine rings is 1. The maximum Gasteiger partial charge on any atom is 0.256 e. The van der Waals surface area contributed by atoms with Crippen LogP contribution in [0.5, 0.6) is 11.5 Å². The molecule has 1 fully saturated rings. The number of ether oxygens (including phenoxy) is 2. The van der Waals surface area contributed by atoms with E-state index in [0.717, 1.165) is 11.8 Å². The molecule has 3 rings (SSSR count). The summed E-state index contributed by atoms with van der Waals surface area (Å²) in [7, 11) is 1.60. The van der Waals surface area contributed by atoms with E-state index in [1.807, 2.05) is 0 Å². The summed E-state index contributed by atoms with van der Waals surface area (Å²) in [5.41, 5.74) is 0.0239. The number of amides is 1. The van der Waals surface area contributed by atoms with Gasteiger partial charge in [0, 0.05) is 37.7 Å². The SMILES string of the molecule is COc1ccc(OCC(O)CN2CCN(C(=O)c3ccc(Cl)cc3F)CC2)cc1. The van der Waals surface area contributed by atoms with E-state index < -0.39 is 11.9 Å². The molecule has 0 radical (unpaired) electrons. The van der Waals surface area contributed by atoms with Gasteiger partial charge in [0.2, 0.25) is 0 Å². The Morgan fingerprint density at radius 3 is 2.41 bits per heavy atom. The number of aliphatic hydroxyl groups excluding tert-OH is 1. The molecule has 6 nitrogen and oxygen atoms in total. The second-order valence-corrected chi connectivity index (χ2v) is 7.29. The van der Waals surface area contributed by atoms with Gasteiger partial charge >= 0.3 is 0 Å². The average Bonchev–Trinajstić information content (AvgIpc) is 2.73. The summed E-state index contributed by atoms with van der Waals surface area (Å²) in [4.78, 5) is 16.2. The molecule has 1 amide bonds. The fraction of sp³-hybridized carbons (Fsp3) is 0.381. The van der Waals surface area contributed by atoms with E-state index in [9.17, 15) is 14.3 Å². The Labute approximate surface area is 174 Å². The summed E-state index contributed by atoms with van der Waals surface area (Å²) in [6.07, 6.45) is -0.659. The van der Waals surface area contributed by atoms with E-state index in [0.29, 0.717) is 38.5 Å². The Hall–Kier alpha value is -2.35. The van der Waals surface area contributed by atoms with Gasteiger partial charge in [-0.15, -0.1) is 0 Å². The molecule has 1 aliphatic heterocycles. The van der Waals surface area contributed by atoms with Crippen LogP contribution in [-0.2, 0) is 0 Å². The van der Waals surface area contributed by atoms with Crippen molar-refractivity contribution >= 4 is 17.5 Å². The highest BCUT2D eigenvalue weighted by Gasteiger charge is 2.25. The minimum atomic E-state index is -0.659. The number of rotatable bonds is 7. The summed E-state index contributed by atoms with van der Waals surface area (Å²) in [5.74, 6) is 0.437. The number of aliphatic hydroxyl groups is 1. The van der Waals surface area contributed by atoms with Gasteiger partial charge in [0.1, 0.15) is 30.0 Å². The predicted molar refractivity (Wildman–Crippen MR) is 108 cm³/mol. The zero-order chi connectivity index (χ0) is 20.8. The Bertz CT molecular complexity index is 826. The molecule has 156 valence electrons. The van der Waals surface area contributed by atoms with Gasteiger partial charge < -0.3 is 19.5 Å². The van der Waals surface area contributed by atoms with Crippen LogP contribution < -0.4 is 9.47 Å². The van der Waals surface area contributed by atoms with E-state index in [4.69, 9.17) is 21.1 Å². The molecule has 1 unspecified atom stereocenters. The molecule has 29 heavy (non-hydrogen) atoms. The number of benzene rings is 2. The third kappa shape index (κ3) is 5.82. The molecule has 1 N–H and O–H groups in total. The lowest BCUT2D eigenvalue weighted by Gasteiger charge is -2.35. The zero-order valence-corrected chi connectivity index (χ0v) is 16.9. The van der Waals surface area contributed by atoms with Gasteiger partial charge in [0.25, 0.3) is 5.91 Å². The van der Waals surface area contributed by atoms with Crippen LogP contribution >= 0.6 is 11.6 Å². The minimum absolute atomic E-state index is 0.0239. The van der Waals surface area contributed by atoms with Crippen LogP contribution in [0.1, 0.15) is 10.4 Å². The first-order chi connectivity index (χ1) is 14.0. The number of hydrogen-bond donors (Lipinski definition) is 1. The number of carbonyl (C=O) groups excluding carboxylic acids is 1. The molecule has 1 saturated heterocycles. The second-order valence-electron chi connectivity index (χ2n) is 6.86. The third-order valence-corrected chi connectivity index (χ3v) is 5.03. The van der Waals surface area contributed by atoms with Gasteiger partial charge in [-0.1, -0.05) is 11.6 Å². The largest absolute Gasteiger partial charge is 0.497 e. The zero-order valence-electron chi connectivity index (χ0n) is 16.2. The Morgan fingerprint density at radius 1 is 1.14 bits per heavy atom. The third-order valence-electron chi connectivity index (χ3n) is 4.79. The van der Waals surface area contributed by atoms with Crippen molar-refractivity contribution in [3.05, 3.63) is 58.9 Å². The van der Waals surface area contributed by atoms with Gasteiger partial charge in [0.15, 0.2) is 0 Å². The van der Waals surface area contributed by atoms with E-state index in [1.165, 1.54) is 12.1 Å². The average molecular weight is 423 g/mol. The van der Waals surface area contributed by atoms with Crippen LogP contribution in [0.4, 0.5) is 4.39 Å². The number of β-amino-alcohol motifs (C(OH)–C–C–N with tert-alkyl or cyclic N) is 1. The van der Waals surface area contributed by atoms with Crippen molar-refractivity contribution in [3.63, 3.8) is 0 Å². The summed E-state index contributed by atoms with van der Waals surface area (Å²) in [6, 6.07) is 11.2. The lowest BCUT2D eigenvalue weighted by Crippen LogP contribution is -2.51. The first-order valence-electron chi connectivity index (χ1n) is 9.38. The lowest BCUT2D eigenvalue weighted by atomic mass is 10.1. The standard InChI is InChI=1S/C21H24ClFN2O4/c1-28-17-3-5-18(6-4-17)29-14-16(26)13-24-8-10-25(11-9-24)21(27)19-7-2-15(22)12-20(19)23/h2-7,12,16,26H,8-11,13-14H2,1H3. The van der Waals surface area contributed by atoms with Crippen molar-refractivity contribution in [3.8, 4) is 11.5 Å². The maximum atomic E-state index is 14.0. The van der Waals surface area contributed by atoms with E-state index in [1.54, 1.807) is 36.3 Å². The molecular formula is C21H24ClFN2O4. The van der Waals surface area contributed by atoms with Crippen molar-refractivity contribution < 1.29 is 23.8 Å². The molecule has 0 bridgehead atoms. The first kappa shape index (κ1) is 21.4. The topological polar surface area (TPSA) is 62.2 Å². The van der Waals surface area contributed by atoms with Gasteiger partial charge in [-0.3, -0.25) is 9.69 Å². The van der Waals surface area contributed by atoms with Crippen molar-refractivity contribution in [2.75, 3.05) is 46.4 Å². The first-order valence-corrected chi connectivity index (χ1v) is 9.75. The Balaban J connectivity index is 1.43. The molecule has 8 heteroatoms. The van der Waals surface area contributed by atoms with Crippen LogP contribution in [0, 0.1) is 5.82 Å². The van der Waals surface area contributed by atoms with E-state index in [-0.39, 0.29) is 23.1 Å². The predicted octanol–water partition coefficient (Wildman–Crippen LogP) is 2.69. The fourth-order valence-electron chi connectivity index (χ4n) is 3.18. The normalized spacial score (nSPS) is 15.8. The number of carbonyl (C=O) groups is 1. The molecule has 1 atom stereocenters. The summed E-state index contributed by atoms with van der Waals surface area (Å²) < 4.78 is 24.7. The molecular weight excluding hydrogens is 399 g/mol. The second kappa shape index (κ2) is 9.91. The highest BCUT2D eigenvalue weighted by Crippen LogP contribution is 2.18. The molecule has 1 aliphatic rings. The summed E-state index contributed by atoms with van der Waals surface area (Å²) >= 11 is 5.74.